The summed E-state index contributed by atoms with van der Waals surface area (Å²) < 4.78 is 5.22. The lowest BCUT2D eigenvalue weighted by molar-refractivity contribution is 0.0983. The minimum Gasteiger partial charge on any atom is -0.477 e. The molecule has 0 aliphatic carbocycles. The molecule has 5 heteroatoms. The summed E-state index contributed by atoms with van der Waals surface area (Å²) in [7, 11) is 0. The Morgan fingerprint density at radius 3 is 2.85 bits per heavy atom. The van der Waals surface area contributed by atoms with E-state index >= 15 is 0 Å². The van der Waals surface area contributed by atoms with Gasteiger partial charge in [0, 0.05) is 18.3 Å². The minimum atomic E-state index is -0.120. The molecule has 0 unspecified atom stereocenters. The highest BCUT2D eigenvalue weighted by Crippen LogP contribution is 2.28. The number of anilines is 1. The van der Waals surface area contributed by atoms with Crippen LogP contribution in [0, 0.1) is 0 Å². The third-order valence-electron chi connectivity index (χ3n) is 3.28. The molecule has 2 aromatic rings. The van der Waals surface area contributed by atoms with Crippen molar-refractivity contribution in [3.63, 3.8) is 0 Å². The van der Waals surface area contributed by atoms with E-state index in [1.54, 1.807) is 17.0 Å². The number of fused-ring (bicyclic) bond motifs is 1. The largest absolute Gasteiger partial charge is 0.477 e. The molecule has 1 aromatic heterocycles. The zero-order valence-corrected chi connectivity index (χ0v) is 11.2. The molecule has 1 aliphatic heterocycles. The van der Waals surface area contributed by atoms with Gasteiger partial charge in [-0.2, -0.15) is 0 Å². The number of benzene rings is 1. The molecular weight excluding hydrogens is 254 g/mol. The van der Waals surface area contributed by atoms with Crippen molar-refractivity contribution in [2.45, 2.75) is 13.3 Å². The van der Waals surface area contributed by atoms with Crippen molar-refractivity contribution in [3.05, 3.63) is 47.7 Å². The van der Waals surface area contributed by atoms with E-state index in [9.17, 15) is 4.79 Å². The van der Waals surface area contributed by atoms with Gasteiger partial charge in [0.15, 0.2) is 5.69 Å². The zero-order chi connectivity index (χ0) is 13.9. The second-order valence-electron chi connectivity index (χ2n) is 4.53. The number of para-hydroxylation sites is 1. The van der Waals surface area contributed by atoms with E-state index in [1.165, 1.54) is 5.56 Å². The van der Waals surface area contributed by atoms with Crippen molar-refractivity contribution in [1.82, 2.24) is 10.2 Å². The normalized spacial score (nSPS) is 13.2. The third-order valence-corrected chi connectivity index (χ3v) is 3.28. The smallest absolute Gasteiger partial charge is 0.278 e. The van der Waals surface area contributed by atoms with Gasteiger partial charge in [-0.3, -0.25) is 4.79 Å². The molecule has 0 saturated carbocycles. The first-order valence-corrected chi connectivity index (χ1v) is 6.66. The number of amides is 1. The predicted octanol–water partition coefficient (Wildman–Crippen LogP) is 2.08. The van der Waals surface area contributed by atoms with Crippen molar-refractivity contribution in [2.75, 3.05) is 18.1 Å². The van der Waals surface area contributed by atoms with E-state index in [1.807, 2.05) is 31.2 Å². The average Bonchev–Trinajstić information content (AvgIpc) is 2.92. The zero-order valence-electron chi connectivity index (χ0n) is 11.2. The first-order chi connectivity index (χ1) is 9.79. The number of rotatable bonds is 3. The summed E-state index contributed by atoms with van der Waals surface area (Å²) in [5.74, 6) is 0.316. The molecule has 102 valence electrons. The maximum Gasteiger partial charge on any atom is 0.278 e. The Bertz CT molecular complexity index is 625. The van der Waals surface area contributed by atoms with Crippen molar-refractivity contribution in [2.24, 2.45) is 0 Å². The quantitative estimate of drug-likeness (QED) is 0.856. The van der Waals surface area contributed by atoms with Gasteiger partial charge in [0.1, 0.15) is 0 Å². The second kappa shape index (κ2) is 5.28. The van der Waals surface area contributed by atoms with Crippen LogP contribution in [0.1, 0.15) is 23.0 Å². The van der Waals surface area contributed by atoms with Gasteiger partial charge in [0.05, 0.1) is 6.61 Å². The molecule has 2 heterocycles. The maximum atomic E-state index is 12.5. The lowest BCUT2D eigenvalue weighted by atomic mass is 10.2. The molecule has 0 saturated heterocycles. The van der Waals surface area contributed by atoms with Gasteiger partial charge in [-0.25, -0.2) is 0 Å². The number of ether oxygens (including phenoxy) is 1. The second-order valence-corrected chi connectivity index (χ2v) is 4.53. The third kappa shape index (κ3) is 2.22. The van der Waals surface area contributed by atoms with Gasteiger partial charge in [-0.05, 0) is 31.0 Å². The van der Waals surface area contributed by atoms with E-state index in [4.69, 9.17) is 4.74 Å². The highest BCUT2D eigenvalue weighted by atomic mass is 16.5. The lowest BCUT2D eigenvalue weighted by Crippen LogP contribution is -2.29. The lowest BCUT2D eigenvalue weighted by Gasteiger charge is -2.16. The molecule has 0 fully saturated rings. The monoisotopic (exact) mass is 269 g/mol. The Labute approximate surface area is 117 Å². The Morgan fingerprint density at radius 2 is 2.10 bits per heavy atom. The van der Waals surface area contributed by atoms with Crippen LogP contribution in [0.15, 0.2) is 36.4 Å². The molecule has 0 radical (unpaired) electrons. The molecule has 1 aliphatic rings. The molecule has 0 N–H and O–H groups in total. The fourth-order valence-electron chi connectivity index (χ4n) is 2.35. The Balaban J connectivity index is 1.83. The molecule has 0 atom stereocenters. The topological polar surface area (TPSA) is 55.3 Å². The summed E-state index contributed by atoms with van der Waals surface area (Å²) >= 11 is 0. The molecule has 5 nitrogen and oxygen atoms in total. The fraction of sp³-hybridized carbons (Fsp3) is 0.267. The van der Waals surface area contributed by atoms with Gasteiger partial charge < -0.3 is 9.64 Å². The summed E-state index contributed by atoms with van der Waals surface area (Å²) in [6.45, 7) is 3.09. The van der Waals surface area contributed by atoms with Crippen molar-refractivity contribution >= 4 is 11.6 Å². The minimum absolute atomic E-state index is 0.120. The average molecular weight is 269 g/mol. The summed E-state index contributed by atoms with van der Waals surface area (Å²) in [6, 6.07) is 11.3. The summed E-state index contributed by atoms with van der Waals surface area (Å²) in [4.78, 5) is 14.2. The number of hydrogen-bond donors (Lipinski definition) is 0. The highest BCUT2D eigenvalue weighted by molar-refractivity contribution is 6.05. The van der Waals surface area contributed by atoms with Crippen molar-refractivity contribution in [1.29, 1.82) is 0 Å². The van der Waals surface area contributed by atoms with E-state index in [2.05, 4.69) is 10.2 Å². The molecule has 1 aromatic carbocycles. The molecular formula is C15H15N3O2. The van der Waals surface area contributed by atoms with Crippen LogP contribution in [-0.4, -0.2) is 29.3 Å². The van der Waals surface area contributed by atoms with Crippen molar-refractivity contribution in [3.8, 4) is 5.88 Å². The molecule has 1 amide bonds. The SMILES string of the molecule is CCOc1ccc(C(=O)N2CCc3ccccc32)nn1. The van der Waals surface area contributed by atoms with Crippen LogP contribution in [0.25, 0.3) is 0 Å². The molecule has 0 spiro atoms. The van der Waals surface area contributed by atoms with Gasteiger partial charge >= 0.3 is 0 Å². The van der Waals surface area contributed by atoms with Crippen molar-refractivity contribution < 1.29 is 9.53 Å². The first kappa shape index (κ1) is 12.6. The van der Waals surface area contributed by atoms with Gasteiger partial charge in [0.2, 0.25) is 5.88 Å². The fourth-order valence-corrected chi connectivity index (χ4v) is 2.35. The van der Waals surface area contributed by atoms with Gasteiger partial charge in [-0.15, -0.1) is 10.2 Å². The van der Waals surface area contributed by atoms with Crippen LogP contribution in [0.4, 0.5) is 5.69 Å². The van der Waals surface area contributed by atoms with Gasteiger partial charge in [0.25, 0.3) is 5.91 Å². The number of hydrogen-bond acceptors (Lipinski definition) is 4. The summed E-state index contributed by atoms with van der Waals surface area (Å²) in [6.07, 6.45) is 0.881. The molecule has 0 bridgehead atoms. The number of carbonyl (C=O) groups excluding carboxylic acids is 1. The number of carbonyl (C=O) groups is 1. The Morgan fingerprint density at radius 1 is 1.25 bits per heavy atom. The summed E-state index contributed by atoms with van der Waals surface area (Å²) in [5, 5.41) is 7.85. The summed E-state index contributed by atoms with van der Waals surface area (Å²) in [5.41, 5.74) is 2.50. The maximum absolute atomic E-state index is 12.5. The Hall–Kier alpha value is -2.43. The standard InChI is InChI=1S/C15H15N3O2/c1-2-20-14-8-7-12(16-17-14)15(19)18-10-9-11-5-3-4-6-13(11)18/h3-8H,2,9-10H2,1H3. The first-order valence-electron chi connectivity index (χ1n) is 6.66. The van der Waals surface area contributed by atoms with E-state index < -0.39 is 0 Å². The predicted molar refractivity (Wildman–Crippen MR) is 75.0 cm³/mol. The van der Waals surface area contributed by atoms with Crippen LogP contribution >= 0.6 is 0 Å². The van der Waals surface area contributed by atoms with E-state index in [-0.39, 0.29) is 5.91 Å². The number of aromatic nitrogens is 2. The molecule has 3 rings (SSSR count). The van der Waals surface area contributed by atoms with E-state index in [0.717, 1.165) is 12.1 Å². The number of nitrogens with zero attached hydrogens (tertiary/aromatic N) is 3. The Kier molecular flexibility index (Phi) is 3.33. The van der Waals surface area contributed by atoms with Gasteiger partial charge in [-0.1, -0.05) is 18.2 Å². The highest BCUT2D eigenvalue weighted by Gasteiger charge is 2.26. The van der Waals surface area contributed by atoms with Crippen LogP contribution in [-0.2, 0) is 6.42 Å². The molecule has 20 heavy (non-hydrogen) atoms. The van der Waals surface area contributed by atoms with Crippen LogP contribution in [0.5, 0.6) is 5.88 Å². The van der Waals surface area contributed by atoms with Crippen LogP contribution < -0.4 is 9.64 Å². The van der Waals surface area contributed by atoms with E-state index in [0.29, 0.717) is 24.7 Å². The van der Waals surface area contributed by atoms with Crippen LogP contribution in [0.2, 0.25) is 0 Å². The van der Waals surface area contributed by atoms with Crippen LogP contribution in [0.3, 0.4) is 0 Å².